The molecule has 0 saturated carbocycles. The van der Waals surface area contributed by atoms with E-state index in [0.717, 1.165) is 46.5 Å². The lowest BCUT2D eigenvalue weighted by Crippen LogP contribution is -2.59. The lowest BCUT2D eigenvalue weighted by molar-refractivity contribution is -0.139. The summed E-state index contributed by atoms with van der Waals surface area (Å²) in [5.74, 6) is -0.00728. The minimum atomic E-state index is -1.20. The molecule has 1 fully saturated rings. The van der Waals surface area contributed by atoms with Gasteiger partial charge in [-0.25, -0.2) is 0 Å². The Morgan fingerprint density at radius 2 is 1.12 bits per heavy atom. The lowest BCUT2D eigenvalue weighted by Gasteiger charge is -2.43. The van der Waals surface area contributed by atoms with Gasteiger partial charge in [0.15, 0.2) is 0 Å². The third kappa shape index (κ3) is 3.96. The van der Waals surface area contributed by atoms with Gasteiger partial charge >= 0.3 is 0 Å². The second-order valence-electron chi connectivity index (χ2n) is 9.73. The van der Waals surface area contributed by atoms with Gasteiger partial charge in [0.25, 0.3) is 0 Å². The Labute approximate surface area is 193 Å². The van der Waals surface area contributed by atoms with E-state index in [4.69, 9.17) is 0 Å². The smallest absolute Gasteiger partial charge is 0.244 e. The van der Waals surface area contributed by atoms with Gasteiger partial charge in [0, 0.05) is 0 Å². The van der Waals surface area contributed by atoms with E-state index in [1.807, 2.05) is 12.1 Å². The summed E-state index contributed by atoms with van der Waals surface area (Å²) in [4.78, 5) is 30.6. The highest BCUT2D eigenvalue weighted by molar-refractivity contribution is 6.21. The number of hydrogen-bond acceptors (Lipinski definition) is 2. The number of amides is 2. The molecule has 0 N–H and O–H groups in total. The third-order valence-electron chi connectivity index (χ3n) is 6.43. The molecule has 1 heterocycles. The predicted octanol–water partition coefficient (Wildman–Crippen LogP) is 6.46. The fraction of sp³-hybridized carbons (Fsp3) is 0.464. The topological polar surface area (TPSA) is 40.6 Å². The Morgan fingerprint density at radius 1 is 0.750 bits per heavy atom. The average molecular weight is 433 g/mol. The maximum Gasteiger partial charge on any atom is 0.244 e. The number of carbonyl (C=O) groups excluding carboxylic acids is 2. The summed E-state index contributed by atoms with van der Waals surface area (Å²) in [7, 11) is 0. The monoisotopic (exact) mass is 432 g/mol. The first-order valence-electron chi connectivity index (χ1n) is 11.7. The summed E-state index contributed by atoms with van der Waals surface area (Å²) >= 11 is 0. The molecule has 0 spiro atoms. The van der Waals surface area contributed by atoms with E-state index >= 15 is 0 Å². The fourth-order valence-electron chi connectivity index (χ4n) is 4.41. The second-order valence-corrected chi connectivity index (χ2v) is 9.73. The first-order chi connectivity index (χ1) is 15.1. The molecule has 2 aromatic rings. The zero-order valence-corrected chi connectivity index (χ0v) is 20.7. The molecule has 0 unspecified atom stereocenters. The maximum atomic E-state index is 13.7. The lowest BCUT2D eigenvalue weighted by atomic mass is 9.85. The molecule has 4 nitrogen and oxygen atoms in total. The van der Waals surface area contributed by atoms with Crippen molar-refractivity contribution in [2.45, 2.75) is 80.1 Å². The van der Waals surface area contributed by atoms with Crippen molar-refractivity contribution in [3.63, 3.8) is 0 Å². The number of benzene rings is 2. The van der Waals surface area contributed by atoms with Crippen LogP contribution in [0.1, 0.15) is 89.5 Å². The quantitative estimate of drug-likeness (QED) is 0.492. The minimum Gasteiger partial charge on any atom is -0.278 e. The van der Waals surface area contributed by atoms with E-state index in [1.165, 1.54) is 0 Å². The van der Waals surface area contributed by atoms with Crippen molar-refractivity contribution in [3.05, 3.63) is 65.3 Å². The molecule has 170 valence electrons. The van der Waals surface area contributed by atoms with Gasteiger partial charge in [-0.05, 0) is 60.8 Å². The highest BCUT2D eigenvalue weighted by Gasteiger charge is 2.50. The van der Waals surface area contributed by atoms with Crippen LogP contribution in [0.2, 0.25) is 0 Å². The molecule has 1 saturated heterocycles. The molecule has 0 aliphatic carbocycles. The van der Waals surface area contributed by atoms with Crippen molar-refractivity contribution in [3.8, 4) is 0 Å². The first kappa shape index (κ1) is 24.0. The van der Waals surface area contributed by atoms with E-state index in [2.05, 4.69) is 72.5 Å². The van der Waals surface area contributed by atoms with Crippen LogP contribution in [0, 0.1) is 12.1 Å². The molecule has 0 bridgehead atoms. The van der Waals surface area contributed by atoms with E-state index in [1.54, 1.807) is 23.6 Å². The number of para-hydroxylation sites is 2. The van der Waals surface area contributed by atoms with Gasteiger partial charge in [-0.2, -0.15) is 0 Å². The standard InChI is InChI=1S/C28H36N2O2/c1-9-20-13-11-15-22(18(3)4)24(20)29-17-30(27(32)28(7,8)26(29)31)25-21(10-2)14-12-16-23(25)19(5)6/h11-16,18-19H,9-10H2,1-8H3. The van der Waals surface area contributed by atoms with Crippen LogP contribution in [0.15, 0.2) is 36.4 Å². The Bertz CT molecular complexity index is 941. The summed E-state index contributed by atoms with van der Waals surface area (Å²) in [5.41, 5.74) is 4.85. The number of anilines is 2. The van der Waals surface area contributed by atoms with Gasteiger partial charge in [-0.3, -0.25) is 19.4 Å². The van der Waals surface area contributed by atoms with Crippen LogP contribution < -0.4 is 9.80 Å². The first-order valence-corrected chi connectivity index (χ1v) is 11.7. The Kier molecular flexibility index (Phi) is 6.83. The molecular weight excluding hydrogens is 396 g/mol. The van der Waals surface area contributed by atoms with Gasteiger partial charge in [-0.1, -0.05) is 77.9 Å². The van der Waals surface area contributed by atoms with Crippen LogP contribution in [0.4, 0.5) is 11.4 Å². The molecule has 3 rings (SSSR count). The number of aryl methyl sites for hydroxylation is 2. The fourth-order valence-corrected chi connectivity index (χ4v) is 4.41. The van der Waals surface area contributed by atoms with Crippen molar-refractivity contribution < 1.29 is 9.59 Å². The Hall–Kier alpha value is -2.62. The maximum absolute atomic E-state index is 13.7. The minimum absolute atomic E-state index is 0.231. The Balaban J connectivity index is 2.26. The Morgan fingerprint density at radius 3 is 1.44 bits per heavy atom. The zero-order valence-electron chi connectivity index (χ0n) is 20.7. The van der Waals surface area contributed by atoms with E-state index in [-0.39, 0.29) is 23.7 Å². The molecule has 2 amide bonds. The number of nitrogens with zero attached hydrogens (tertiary/aromatic N) is 2. The number of rotatable bonds is 6. The third-order valence-corrected chi connectivity index (χ3v) is 6.43. The van der Waals surface area contributed by atoms with Gasteiger partial charge < -0.3 is 0 Å². The SMILES string of the molecule is CCc1cccc(C(C)C)c1N1[C]N(c2c(CC)cccc2C(C)C)C(=O)C(C)(C)C1=O. The highest BCUT2D eigenvalue weighted by atomic mass is 16.2. The summed E-state index contributed by atoms with van der Waals surface area (Å²) in [5, 5.41) is 0. The van der Waals surface area contributed by atoms with Crippen molar-refractivity contribution in [2.75, 3.05) is 9.80 Å². The van der Waals surface area contributed by atoms with Crippen LogP contribution in [0.5, 0.6) is 0 Å². The number of hydrogen-bond donors (Lipinski definition) is 0. The average Bonchev–Trinajstić information content (AvgIpc) is 2.77. The number of carbonyl (C=O) groups is 2. The molecule has 2 radical (unpaired) electrons. The van der Waals surface area contributed by atoms with Crippen molar-refractivity contribution >= 4 is 23.2 Å². The van der Waals surface area contributed by atoms with Crippen molar-refractivity contribution in [1.29, 1.82) is 0 Å². The van der Waals surface area contributed by atoms with Crippen LogP contribution >= 0.6 is 0 Å². The van der Waals surface area contributed by atoms with Gasteiger partial charge in [0.05, 0.1) is 11.4 Å². The molecule has 32 heavy (non-hydrogen) atoms. The molecule has 0 aromatic heterocycles. The molecule has 4 heteroatoms. The van der Waals surface area contributed by atoms with Crippen LogP contribution in [-0.2, 0) is 22.4 Å². The van der Waals surface area contributed by atoms with Crippen LogP contribution in [0.25, 0.3) is 0 Å². The summed E-state index contributed by atoms with van der Waals surface area (Å²) in [6.45, 7) is 19.4. The highest BCUT2D eigenvalue weighted by Crippen LogP contribution is 2.43. The summed E-state index contributed by atoms with van der Waals surface area (Å²) in [6, 6.07) is 12.3. The van der Waals surface area contributed by atoms with Gasteiger partial charge in [0.2, 0.25) is 18.5 Å². The normalized spacial score (nSPS) is 16.4. The van der Waals surface area contributed by atoms with Crippen molar-refractivity contribution in [1.82, 2.24) is 0 Å². The second kappa shape index (κ2) is 9.09. The van der Waals surface area contributed by atoms with Crippen molar-refractivity contribution in [2.24, 2.45) is 5.41 Å². The zero-order chi connectivity index (χ0) is 23.8. The molecule has 1 aliphatic rings. The van der Waals surface area contributed by atoms with Crippen LogP contribution in [-0.4, -0.2) is 11.8 Å². The summed E-state index contributed by atoms with van der Waals surface area (Å²) < 4.78 is 0. The van der Waals surface area contributed by atoms with Gasteiger partial charge in [0.1, 0.15) is 5.41 Å². The molecule has 0 atom stereocenters. The van der Waals surface area contributed by atoms with Crippen LogP contribution in [0.3, 0.4) is 0 Å². The predicted molar refractivity (Wildman–Crippen MR) is 132 cm³/mol. The van der Waals surface area contributed by atoms with Gasteiger partial charge in [-0.15, -0.1) is 0 Å². The summed E-state index contributed by atoms with van der Waals surface area (Å²) in [6.07, 6.45) is 1.58. The molecule has 2 aromatic carbocycles. The van der Waals surface area contributed by atoms with E-state index in [0.29, 0.717) is 0 Å². The molecule has 1 aliphatic heterocycles. The largest absolute Gasteiger partial charge is 0.278 e. The van der Waals surface area contributed by atoms with E-state index < -0.39 is 5.41 Å². The van der Waals surface area contributed by atoms with E-state index in [9.17, 15) is 9.59 Å². The molecular formula is C28H36N2O2.